The molecule has 0 aliphatic carbocycles. The topological polar surface area (TPSA) is 298 Å². The molecule has 6 atom stereocenters. The van der Waals surface area contributed by atoms with Crippen LogP contribution in [-0.2, 0) is 28.8 Å². The van der Waals surface area contributed by atoms with E-state index in [2.05, 4.69) is 21.3 Å². The van der Waals surface area contributed by atoms with E-state index < -0.39 is 71.9 Å². The van der Waals surface area contributed by atoms with Crippen LogP contribution in [0.15, 0.2) is 0 Å². The van der Waals surface area contributed by atoms with Gasteiger partial charge in [-0.1, -0.05) is 6.92 Å². The quantitative estimate of drug-likeness (QED) is 0.0499. The summed E-state index contributed by atoms with van der Waals surface area (Å²) in [6.07, 6.45) is -8.55. The number of carboxylic acids is 2. The molecule has 0 aromatic carbocycles. The van der Waals surface area contributed by atoms with Gasteiger partial charge in [-0.05, 0) is 6.42 Å². The molecule has 19 heteroatoms. The average molecular weight is 630 g/mol. The fraction of sp³-hybridized carbons (Fsp3) is 0.727. The van der Waals surface area contributed by atoms with Crippen LogP contribution >= 0.6 is 23.5 Å². The molecule has 0 spiro atoms. The summed E-state index contributed by atoms with van der Waals surface area (Å²) in [5, 5.41) is 66.8. The van der Waals surface area contributed by atoms with E-state index in [1.165, 1.54) is 0 Å². The molecule has 4 amide bonds. The van der Waals surface area contributed by atoms with Crippen molar-refractivity contribution in [2.45, 2.75) is 43.8 Å². The number of aliphatic carboxylic acids is 2. The van der Waals surface area contributed by atoms with Gasteiger partial charge in [-0.15, -0.1) is 11.8 Å². The summed E-state index contributed by atoms with van der Waals surface area (Å²) in [6.45, 7) is 1.24. The lowest BCUT2D eigenvalue weighted by Crippen LogP contribution is -2.55. The molecule has 12 N–H and O–H groups in total. The Hall–Kier alpha value is -2.68. The van der Waals surface area contributed by atoms with Gasteiger partial charge in [-0.3, -0.25) is 28.8 Å². The van der Waals surface area contributed by atoms with E-state index in [4.69, 9.17) is 15.9 Å². The monoisotopic (exact) mass is 629 g/mol. The Bertz CT molecular complexity index is 884. The van der Waals surface area contributed by atoms with E-state index in [1.54, 1.807) is 6.92 Å². The number of rotatable bonds is 22. The highest BCUT2D eigenvalue weighted by Gasteiger charge is 2.37. The Balaban J connectivity index is 4.27. The van der Waals surface area contributed by atoms with E-state index in [1.807, 2.05) is 0 Å². The third-order valence-corrected chi connectivity index (χ3v) is 7.43. The fourth-order valence-electron chi connectivity index (χ4n) is 2.78. The molecule has 0 aliphatic rings. The zero-order valence-electron chi connectivity index (χ0n) is 22.4. The van der Waals surface area contributed by atoms with Gasteiger partial charge >= 0.3 is 11.9 Å². The number of nitrogens with one attached hydrogen (secondary N) is 4. The number of carboxylic acid groups (broad SMARTS) is 2. The smallest absolute Gasteiger partial charge is 0.321 e. The predicted octanol–water partition coefficient (Wildman–Crippen LogP) is -5.12. The van der Waals surface area contributed by atoms with Gasteiger partial charge < -0.3 is 57.6 Å². The first-order valence-electron chi connectivity index (χ1n) is 12.4. The highest BCUT2D eigenvalue weighted by Crippen LogP contribution is 2.12. The highest BCUT2D eigenvalue weighted by molar-refractivity contribution is 8.00. The molecule has 41 heavy (non-hydrogen) atoms. The van der Waals surface area contributed by atoms with Crippen molar-refractivity contribution in [3.63, 3.8) is 0 Å². The maximum atomic E-state index is 12.0. The molecule has 0 saturated carbocycles. The Morgan fingerprint density at radius 2 is 1.05 bits per heavy atom. The van der Waals surface area contributed by atoms with Crippen LogP contribution in [-0.4, -0.2) is 146 Å². The molecule has 0 saturated heterocycles. The van der Waals surface area contributed by atoms with Gasteiger partial charge in [0.2, 0.25) is 11.8 Å². The lowest BCUT2D eigenvalue weighted by atomic mass is 10.0. The van der Waals surface area contributed by atoms with Crippen molar-refractivity contribution in [3.05, 3.63) is 0 Å². The van der Waals surface area contributed by atoms with E-state index in [0.29, 0.717) is 6.42 Å². The maximum Gasteiger partial charge on any atom is 0.321 e. The summed E-state index contributed by atoms with van der Waals surface area (Å²) in [5.41, 5.74) is 5.31. The van der Waals surface area contributed by atoms with Gasteiger partial charge in [-0.25, -0.2) is 0 Å². The molecular formula is C22H39N5O12S2. The molecule has 0 rings (SSSR count). The standard InChI is InChI=1S/C22H39N5O12S2/c1-2-11(21(36)37)7-40-9-13(28)24-3-5-26-19(34)17(32)15(30)16(31)18(33)20(35)27-6-4-25-14(29)10-41-8-12(23)22(38)39/h11-12,15-18,30-33H,2-10,23H2,1H3,(H,24,28)(H,25,29)(H,26,34)(H,27,35)(H,36,37)(H,38,39)/t11?,12?,15-,16+,17+,18-/m1/s1. The molecule has 0 bridgehead atoms. The van der Waals surface area contributed by atoms with Gasteiger partial charge in [0, 0.05) is 37.7 Å². The first kappa shape index (κ1) is 38.3. The van der Waals surface area contributed by atoms with Crippen LogP contribution in [0, 0.1) is 5.92 Å². The minimum Gasteiger partial charge on any atom is -0.481 e. The van der Waals surface area contributed by atoms with Crippen LogP contribution < -0.4 is 27.0 Å². The van der Waals surface area contributed by atoms with Crippen molar-refractivity contribution in [1.29, 1.82) is 0 Å². The summed E-state index contributed by atoms with van der Waals surface area (Å²) < 4.78 is 0. The molecular weight excluding hydrogens is 590 g/mol. The van der Waals surface area contributed by atoms with Crippen LogP contribution in [0.5, 0.6) is 0 Å². The van der Waals surface area contributed by atoms with Crippen molar-refractivity contribution >= 4 is 59.1 Å². The normalized spacial score (nSPS) is 15.4. The maximum absolute atomic E-state index is 12.0. The molecule has 17 nitrogen and oxygen atoms in total. The van der Waals surface area contributed by atoms with Crippen molar-refractivity contribution in [1.82, 2.24) is 21.3 Å². The molecule has 0 fully saturated rings. The summed E-state index contributed by atoms with van der Waals surface area (Å²) in [4.78, 5) is 69.1. The summed E-state index contributed by atoms with van der Waals surface area (Å²) in [6, 6.07) is -1.12. The van der Waals surface area contributed by atoms with Gasteiger partial charge in [0.1, 0.15) is 18.2 Å². The minimum atomic E-state index is -2.25. The number of hydrogen-bond donors (Lipinski definition) is 11. The number of hydrogen-bond acceptors (Lipinski definition) is 13. The molecule has 2 unspecified atom stereocenters. The number of nitrogens with two attached hydrogens (primary N) is 1. The molecule has 236 valence electrons. The molecule has 0 aliphatic heterocycles. The van der Waals surface area contributed by atoms with Crippen molar-refractivity contribution in [2.24, 2.45) is 11.7 Å². The van der Waals surface area contributed by atoms with E-state index >= 15 is 0 Å². The van der Waals surface area contributed by atoms with Crippen LogP contribution in [0.1, 0.15) is 13.3 Å². The summed E-state index contributed by atoms with van der Waals surface area (Å²) in [5.74, 6) is -5.70. The average Bonchev–Trinajstić information content (AvgIpc) is 2.93. The number of carbonyl (C=O) groups excluding carboxylic acids is 4. The van der Waals surface area contributed by atoms with Crippen molar-refractivity contribution < 1.29 is 59.4 Å². The van der Waals surface area contributed by atoms with Gasteiger partial charge in [0.25, 0.3) is 11.8 Å². The molecule has 0 radical (unpaired) electrons. The third kappa shape index (κ3) is 16.4. The third-order valence-electron chi connectivity index (χ3n) is 5.27. The molecule has 0 aromatic heterocycles. The highest BCUT2D eigenvalue weighted by atomic mass is 32.2. The van der Waals surface area contributed by atoms with Crippen molar-refractivity contribution in [2.75, 3.05) is 49.2 Å². The Labute approximate surface area is 244 Å². The molecule has 0 aromatic rings. The summed E-state index contributed by atoms with van der Waals surface area (Å²) in [7, 11) is 0. The lowest BCUT2D eigenvalue weighted by molar-refractivity contribution is -0.155. The number of carbonyl (C=O) groups is 6. The van der Waals surface area contributed by atoms with Crippen LogP contribution in [0.4, 0.5) is 0 Å². The first-order valence-corrected chi connectivity index (χ1v) is 14.7. The molecule has 0 heterocycles. The largest absolute Gasteiger partial charge is 0.481 e. The zero-order chi connectivity index (χ0) is 31.5. The van der Waals surface area contributed by atoms with E-state index in [9.17, 15) is 49.2 Å². The summed E-state index contributed by atoms with van der Waals surface area (Å²) >= 11 is 2.13. The van der Waals surface area contributed by atoms with E-state index in [0.717, 1.165) is 23.5 Å². The fourth-order valence-corrected chi connectivity index (χ4v) is 4.65. The zero-order valence-corrected chi connectivity index (χ0v) is 24.0. The second-order valence-electron chi connectivity index (χ2n) is 8.57. The van der Waals surface area contributed by atoms with Crippen molar-refractivity contribution in [3.8, 4) is 0 Å². The van der Waals surface area contributed by atoms with Crippen LogP contribution in [0.3, 0.4) is 0 Å². The SMILES string of the molecule is CCC(CSCC(=O)NCCNC(=O)[C@@H](O)[C@H](O)[C@H](O)[C@@H](O)C(=O)NCCNC(=O)CSCC(N)C(=O)O)C(=O)O. The Kier molecular flexibility index (Phi) is 19.7. The second-order valence-corrected chi connectivity index (χ2v) is 10.6. The lowest BCUT2D eigenvalue weighted by Gasteiger charge is -2.25. The number of aliphatic hydroxyl groups excluding tert-OH is 4. The number of aliphatic hydroxyl groups is 4. The predicted molar refractivity (Wildman–Crippen MR) is 148 cm³/mol. The van der Waals surface area contributed by atoms with Gasteiger partial charge in [0.15, 0.2) is 12.2 Å². The van der Waals surface area contributed by atoms with Gasteiger partial charge in [-0.2, -0.15) is 11.8 Å². The van der Waals surface area contributed by atoms with E-state index in [-0.39, 0.29) is 49.2 Å². The van der Waals surface area contributed by atoms with Crippen LogP contribution in [0.2, 0.25) is 0 Å². The Morgan fingerprint density at radius 3 is 1.41 bits per heavy atom. The van der Waals surface area contributed by atoms with Crippen LogP contribution in [0.25, 0.3) is 0 Å². The van der Waals surface area contributed by atoms with Gasteiger partial charge in [0.05, 0.1) is 17.4 Å². The minimum absolute atomic E-state index is 0.000419. The number of amides is 4. The number of thioether (sulfide) groups is 2. The second kappa shape index (κ2) is 21.1. The Morgan fingerprint density at radius 1 is 0.659 bits per heavy atom. The first-order chi connectivity index (χ1) is 19.2.